The maximum absolute atomic E-state index is 12.8. The number of nitrogens with zero attached hydrogens (tertiary/aromatic N) is 2. The number of aliphatic hydroxyl groups is 2. The van der Waals surface area contributed by atoms with Crippen molar-refractivity contribution < 1.29 is 34.5 Å². The van der Waals surface area contributed by atoms with Crippen molar-refractivity contribution in [3.63, 3.8) is 0 Å². The Morgan fingerprint density at radius 1 is 0.778 bits per heavy atom. The summed E-state index contributed by atoms with van der Waals surface area (Å²) in [5.41, 5.74) is 26.5. The fourth-order valence-electron chi connectivity index (χ4n) is 2.76. The predicted molar refractivity (Wildman–Crippen MR) is 130 cm³/mol. The monoisotopic (exact) mass is 518 g/mol. The third kappa shape index (κ3) is 13.3. The number of aliphatic hydroxyl groups excluding tert-OH is 2. The fourth-order valence-corrected chi connectivity index (χ4v) is 2.76. The Kier molecular flexibility index (Phi) is 15.1. The maximum atomic E-state index is 12.8. The molecule has 36 heavy (non-hydrogen) atoms. The molecule has 0 heterocycles. The van der Waals surface area contributed by atoms with E-state index < -0.39 is 60.6 Å². The van der Waals surface area contributed by atoms with Crippen LogP contribution in [0.15, 0.2) is 9.98 Å². The lowest BCUT2D eigenvalue weighted by Gasteiger charge is -2.24. The average Bonchev–Trinajstić information content (AvgIpc) is 2.79. The molecule has 0 aromatic carbocycles. The van der Waals surface area contributed by atoms with Crippen molar-refractivity contribution in [2.45, 2.75) is 62.9 Å². The quantitative estimate of drug-likeness (QED) is 0.0487. The Balaban J connectivity index is 5.43. The van der Waals surface area contributed by atoms with E-state index in [1.165, 1.54) is 6.92 Å². The molecule has 0 saturated heterocycles. The van der Waals surface area contributed by atoms with E-state index in [2.05, 4.69) is 25.9 Å². The molecule has 206 valence electrons. The average molecular weight is 519 g/mol. The van der Waals surface area contributed by atoms with E-state index in [1.807, 2.05) is 0 Å². The SMILES string of the molecule is CC(O)C(N)C(=O)NC(CO)C(=O)NC(CCCN=C(N)N)C(=O)NC(CCCN=C(N)N)C(=O)O. The van der Waals surface area contributed by atoms with Crippen LogP contribution in [0.3, 0.4) is 0 Å². The highest BCUT2D eigenvalue weighted by Crippen LogP contribution is 2.04. The molecule has 0 radical (unpaired) electrons. The molecule has 0 fully saturated rings. The van der Waals surface area contributed by atoms with Crippen LogP contribution < -0.4 is 44.6 Å². The van der Waals surface area contributed by atoms with Crippen LogP contribution in [0.4, 0.5) is 0 Å². The van der Waals surface area contributed by atoms with E-state index in [0.29, 0.717) is 0 Å². The third-order valence-electron chi connectivity index (χ3n) is 4.78. The van der Waals surface area contributed by atoms with E-state index >= 15 is 0 Å². The lowest BCUT2D eigenvalue weighted by molar-refractivity contribution is -0.142. The Labute approximate surface area is 207 Å². The van der Waals surface area contributed by atoms with Gasteiger partial charge in [-0.1, -0.05) is 0 Å². The minimum atomic E-state index is -1.50. The number of carboxylic acid groups (broad SMARTS) is 1. The number of hydrogen-bond acceptors (Lipinski definition) is 9. The maximum Gasteiger partial charge on any atom is 0.326 e. The van der Waals surface area contributed by atoms with Crippen molar-refractivity contribution in [2.75, 3.05) is 19.7 Å². The van der Waals surface area contributed by atoms with Gasteiger partial charge in [0.2, 0.25) is 17.7 Å². The number of carbonyl (C=O) groups excluding carboxylic acids is 3. The number of nitrogens with one attached hydrogen (secondary N) is 3. The number of nitrogens with two attached hydrogens (primary N) is 5. The van der Waals surface area contributed by atoms with Gasteiger partial charge in [0, 0.05) is 13.1 Å². The van der Waals surface area contributed by atoms with E-state index in [-0.39, 0.29) is 50.7 Å². The Hall–Kier alpha value is -3.70. The third-order valence-corrected chi connectivity index (χ3v) is 4.78. The molecule has 17 heteroatoms. The minimum Gasteiger partial charge on any atom is -0.480 e. The van der Waals surface area contributed by atoms with Gasteiger partial charge in [0.25, 0.3) is 0 Å². The lowest BCUT2D eigenvalue weighted by atomic mass is 10.1. The van der Waals surface area contributed by atoms with Gasteiger partial charge in [-0.2, -0.15) is 0 Å². The van der Waals surface area contributed by atoms with Crippen molar-refractivity contribution in [1.82, 2.24) is 16.0 Å². The van der Waals surface area contributed by atoms with E-state index in [1.54, 1.807) is 0 Å². The van der Waals surface area contributed by atoms with Crippen LogP contribution in [0.25, 0.3) is 0 Å². The summed E-state index contributed by atoms with van der Waals surface area (Å²) >= 11 is 0. The van der Waals surface area contributed by atoms with E-state index in [9.17, 15) is 34.5 Å². The number of guanidine groups is 2. The molecule has 0 bridgehead atoms. The number of carbonyl (C=O) groups is 4. The number of aliphatic imine (C=N–C) groups is 2. The first kappa shape index (κ1) is 32.3. The van der Waals surface area contributed by atoms with E-state index in [4.69, 9.17) is 28.7 Å². The van der Waals surface area contributed by atoms with Crippen LogP contribution >= 0.6 is 0 Å². The van der Waals surface area contributed by atoms with Crippen LogP contribution in [0.1, 0.15) is 32.6 Å². The molecule has 0 aliphatic heterocycles. The molecule has 0 rings (SSSR count). The van der Waals surface area contributed by atoms with Gasteiger partial charge in [-0.15, -0.1) is 0 Å². The van der Waals surface area contributed by atoms with Crippen molar-refractivity contribution in [3.05, 3.63) is 0 Å². The summed E-state index contributed by atoms with van der Waals surface area (Å²) in [6.07, 6.45) is -0.755. The first-order valence-corrected chi connectivity index (χ1v) is 11.1. The highest BCUT2D eigenvalue weighted by Gasteiger charge is 2.30. The molecule has 5 atom stereocenters. The predicted octanol–water partition coefficient (Wildman–Crippen LogP) is -5.67. The van der Waals surface area contributed by atoms with Gasteiger partial charge in [0.05, 0.1) is 12.7 Å². The van der Waals surface area contributed by atoms with Crippen LogP contribution in [0, 0.1) is 0 Å². The van der Waals surface area contributed by atoms with Crippen molar-refractivity contribution >= 4 is 35.6 Å². The molecule has 0 saturated carbocycles. The normalized spacial score (nSPS) is 14.8. The van der Waals surface area contributed by atoms with Crippen LogP contribution in [0.2, 0.25) is 0 Å². The van der Waals surface area contributed by atoms with Gasteiger partial charge in [-0.05, 0) is 32.6 Å². The van der Waals surface area contributed by atoms with Crippen LogP contribution in [-0.2, 0) is 19.2 Å². The molecule has 0 aliphatic carbocycles. The number of hydrogen-bond donors (Lipinski definition) is 11. The summed E-state index contributed by atoms with van der Waals surface area (Å²) in [7, 11) is 0. The highest BCUT2D eigenvalue weighted by atomic mass is 16.4. The smallest absolute Gasteiger partial charge is 0.326 e. The molecule has 17 nitrogen and oxygen atoms in total. The Bertz CT molecular complexity index is 797. The summed E-state index contributed by atoms with van der Waals surface area (Å²) in [4.78, 5) is 56.7. The molecule has 0 aromatic rings. The highest BCUT2D eigenvalue weighted by molar-refractivity contribution is 5.94. The first-order chi connectivity index (χ1) is 16.8. The molecule has 0 aliphatic rings. The zero-order chi connectivity index (χ0) is 27.8. The summed E-state index contributed by atoms with van der Waals surface area (Å²) in [6, 6.07) is -5.42. The van der Waals surface area contributed by atoms with Crippen LogP contribution in [-0.4, -0.2) is 101 Å². The van der Waals surface area contributed by atoms with Crippen LogP contribution in [0.5, 0.6) is 0 Å². The Morgan fingerprint density at radius 2 is 1.19 bits per heavy atom. The summed E-state index contributed by atoms with van der Waals surface area (Å²) < 4.78 is 0. The van der Waals surface area contributed by atoms with Gasteiger partial charge in [0.1, 0.15) is 24.2 Å². The number of carboxylic acids is 1. The topological polar surface area (TPSA) is 320 Å². The fraction of sp³-hybridized carbons (Fsp3) is 0.684. The first-order valence-electron chi connectivity index (χ1n) is 11.1. The Morgan fingerprint density at radius 3 is 1.61 bits per heavy atom. The van der Waals surface area contributed by atoms with Crippen molar-refractivity contribution in [2.24, 2.45) is 38.7 Å². The molecule has 0 aromatic heterocycles. The number of amides is 3. The summed E-state index contributed by atoms with van der Waals surface area (Å²) in [5, 5.41) is 35.3. The van der Waals surface area contributed by atoms with Crippen molar-refractivity contribution in [3.8, 4) is 0 Å². The van der Waals surface area contributed by atoms with Gasteiger partial charge in [-0.25, -0.2) is 4.79 Å². The van der Waals surface area contributed by atoms with Crippen molar-refractivity contribution in [1.29, 1.82) is 0 Å². The van der Waals surface area contributed by atoms with Gasteiger partial charge in [-0.3, -0.25) is 24.4 Å². The van der Waals surface area contributed by atoms with Gasteiger partial charge < -0.3 is 59.9 Å². The lowest BCUT2D eigenvalue weighted by Crippen LogP contribution is -2.59. The number of aliphatic carboxylic acids is 1. The largest absolute Gasteiger partial charge is 0.480 e. The van der Waals surface area contributed by atoms with Gasteiger partial charge >= 0.3 is 5.97 Å². The molecule has 5 unspecified atom stereocenters. The molecule has 3 amide bonds. The molecular weight excluding hydrogens is 480 g/mol. The molecule has 0 spiro atoms. The number of rotatable bonds is 17. The standard InChI is InChI=1S/C19H38N10O7/c1-9(31)13(20)16(34)29-12(8-30)15(33)27-10(4-2-6-25-18(21)22)14(32)28-11(17(35)36)5-3-7-26-19(23)24/h9-13,30-31H,2-8,20H2,1H3,(H,27,33)(H,28,32)(H,29,34)(H,35,36)(H4,21,22,25)(H4,23,24,26). The second kappa shape index (κ2) is 16.8. The second-order valence-electron chi connectivity index (χ2n) is 7.87. The van der Waals surface area contributed by atoms with Gasteiger partial charge in [0.15, 0.2) is 11.9 Å². The van der Waals surface area contributed by atoms with E-state index in [0.717, 1.165) is 0 Å². The molecular formula is C19H38N10O7. The zero-order valence-corrected chi connectivity index (χ0v) is 20.1. The summed E-state index contributed by atoms with van der Waals surface area (Å²) in [6.45, 7) is 0.694. The minimum absolute atomic E-state index is 0.000917. The zero-order valence-electron chi connectivity index (χ0n) is 20.1. The summed E-state index contributed by atoms with van der Waals surface area (Å²) in [5.74, 6) is -4.32. The molecule has 16 N–H and O–H groups in total. The second-order valence-corrected chi connectivity index (χ2v) is 7.87.